The third-order valence-electron chi connectivity index (χ3n) is 3.95. The smallest absolute Gasteiger partial charge is 0.228 e. The molecule has 0 unspecified atom stereocenters. The summed E-state index contributed by atoms with van der Waals surface area (Å²) < 4.78 is 0.969. The van der Waals surface area contributed by atoms with Crippen LogP contribution < -0.4 is 5.32 Å². The van der Waals surface area contributed by atoms with Gasteiger partial charge in [-0.05, 0) is 34.6 Å². The van der Waals surface area contributed by atoms with E-state index in [1.54, 1.807) is 0 Å². The van der Waals surface area contributed by atoms with E-state index in [0.29, 0.717) is 18.3 Å². The SMILES string of the molecule is CC(C)c1cccc(C(C)C)c1NC(=O)Cc1ccccc1Br. The lowest BCUT2D eigenvalue weighted by atomic mass is 9.92. The Balaban J connectivity index is 2.28. The highest BCUT2D eigenvalue weighted by atomic mass is 79.9. The van der Waals surface area contributed by atoms with Crippen LogP contribution in [0.4, 0.5) is 5.69 Å². The van der Waals surface area contributed by atoms with Crippen LogP contribution in [0.1, 0.15) is 56.2 Å². The summed E-state index contributed by atoms with van der Waals surface area (Å²) in [7, 11) is 0. The van der Waals surface area contributed by atoms with Crippen LogP contribution >= 0.6 is 15.9 Å². The Bertz CT molecular complexity index is 666. The normalized spacial score (nSPS) is 11.1. The van der Waals surface area contributed by atoms with E-state index in [4.69, 9.17) is 0 Å². The Kier molecular flexibility index (Phi) is 6.00. The van der Waals surface area contributed by atoms with Crippen molar-refractivity contribution >= 4 is 27.5 Å². The number of nitrogens with one attached hydrogen (secondary N) is 1. The van der Waals surface area contributed by atoms with Gasteiger partial charge < -0.3 is 5.32 Å². The fourth-order valence-electron chi connectivity index (χ4n) is 2.69. The molecule has 0 aliphatic heterocycles. The first-order chi connectivity index (χ1) is 10.9. The van der Waals surface area contributed by atoms with Crippen LogP contribution in [0, 0.1) is 0 Å². The molecule has 2 rings (SSSR count). The van der Waals surface area contributed by atoms with Gasteiger partial charge in [0, 0.05) is 10.2 Å². The molecule has 0 saturated carbocycles. The minimum absolute atomic E-state index is 0.0203. The van der Waals surface area contributed by atoms with Crippen LogP contribution in [0.5, 0.6) is 0 Å². The van der Waals surface area contributed by atoms with Crippen LogP contribution in [0.25, 0.3) is 0 Å². The standard InChI is InChI=1S/C20H24BrNO/c1-13(2)16-9-7-10-17(14(3)4)20(16)22-19(23)12-15-8-5-6-11-18(15)21/h5-11,13-14H,12H2,1-4H3,(H,22,23). The van der Waals surface area contributed by atoms with Gasteiger partial charge in [-0.1, -0.05) is 80.0 Å². The van der Waals surface area contributed by atoms with Crippen molar-refractivity contribution in [3.8, 4) is 0 Å². The summed E-state index contributed by atoms with van der Waals surface area (Å²) in [4.78, 5) is 12.6. The summed E-state index contributed by atoms with van der Waals surface area (Å²) in [5.74, 6) is 0.756. The van der Waals surface area contributed by atoms with Crippen molar-refractivity contribution in [2.45, 2.75) is 46.0 Å². The number of anilines is 1. The summed E-state index contributed by atoms with van der Waals surface area (Å²) in [6.45, 7) is 8.62. The lowest BCUT2D eigenvalue weighted by Gasteiger charge is -2.20. The fourth-order valence-corrected chi connectivity index (χ4v) is 3.12. The second-order valence-corrected chi connectivity index (χ2v) is 7.29. The van der Waals surface area contributed by atoms with Crippen molar-refractivity contribution in [3.05, 3.63) is 63.6 Å². The van der Waals surface area contributed by atoms with Gasteiger partial charge in [0.1, 0.15) is 0 Å². The van der Waals surface area contributed by atoms with Crippen LogP contribution in [-0.4, -0.2) is 5.91 Å². The molecule has 0 heterocycles. The molecule has 1 amide bonds. The number of halogens is 1. The Morgan fingerprint density at radius 2 is 1.52 bits per heavy atom. The highest BCUT2D eigenvalue weighted by molar-refractivity contribution is 9.10. The van der Waals surface area contributed by atoms with Crippen LogP contribution in [-0.2, 0) is 11.2 Å². The molecule has 0 atom stereocenters. The van der Waals surface area contributed by atoms with E-state index in [1.165, 1.54) is 11.1 Å². The highest BCUT2D eigenvalue weighted by Gasteiger charge is 2.16. The van der Waals surface area contributed by atoms with E-state index in [0.717, 1.165) is 15.7 Å². The topological polar surface area (TPSA) is 29.1 Å². The molecule has 0 bridgehead atoms. The van der Waals surface area contributed by atoms with Crippen LogP contribution in [0.15, 0.2) is 46.9 Å². The molecule has 0 radical (unpaired) electrons. The lowest BCUT2D eigenvalue weighted by molar-refractivity contribution is -0.115. The van der Waals surface area contributed by atoms with E-state index in [2.05, 4.69) is 67.1 Å². The number of para-hydroxylation sites is 1. The largest absolute Gasteiger partial charge is 0.325 e. The van der Waals surface area contributed by atoms with E-state index in [-0.39, 0.29) is 5.91 Å². The highest BCUT2D eigenvalue weighted by Crippen LogP contribution is 2.32. The maximum absolute atomic E-state index is 12.6. The Hall–Kier alpha value is -1.61. The van der Waals surface area contributed by atoms with Crippen LogP contribution in [0.2, 0.25) is 0 Å². The van der Waals surface area contributed by atoms with E-state index >= 15 is 0 Å². The zero-order valence-electron chi connectivity index (χ0n) is 14.2. The fraction of sp³-hybridized carbons (Fsp3) is 0.350. The molecule has 2 nitrogen and oxygen atoms in total. The first kappa shape index (κ1) is 17.7. The van der Waals surface area contributed by atoms with Gasteiger partial charge in [0.25, 0.3) is 0 Å². The second-order valence-electron chi connectivity index (χ2n) is 6.44. The Morgan fingerprint density at radius 1 is 0.957 bits per heavy atom. The van der Waals surface area contributed by atoms with Crippen LogP contribution in [0.3, 0.4) is 0 Å². The molecule has 0 spiro atoms. The minimum Gasteiger partial charge on any atom is -0.325 e. The van der Waals surface area contributed by atoms with Gasteiger partial charge in [-0.3, -0.25) is 4.79 Å². The predicted octanol–water partition coefficient (Wildman–Crippen LogP) is 5.88. The summed E-state index contributed by atoms with van der Waals surface area (Å²) in [6.07, 6.45) is 0.366. The number of hydrogen-bond donors (Lipinski definition) is 1. The molecule has 2 aromatic carbocycles. The van der Waals surface area contributed by atoms with Crippen molar-refractivity contribution in [1.82, 2.24) is 0 Å². The molecular formula is C20H24BrNO. The second kappa shape index (κ2) is 7.78. The van der Waals surface area contributed by atoms with Gasteiger partial charge in [-0.25, -0.2) is 0 Å². The molecule has 0 aliphatic carbocycles. The molecule has 0 aromatic heterocycles. The maximum atomic E-state index is 12.6. The van der Waals surface area contributed by atoms with Gasteiger partial charge in [-0.2, -0.15) is 0 Å². The third kappa shape index (κ3) is 4.44. The molecule has 23 heavy (non-hydrogen) atoms. The van der Waals surface area contributed by atoms with E-state index in [1.807, 2.05) is 24.3 Å². The Morgan fingerprint density at radius 3 is 2.04 bits per heavy atom. The van der Waals surface area contributed by atoms with E-state index in [9.17, 15) is 4.79 Å². The zero-order chi connectivity index (χ0) is 17.0. The van der Waals surface area contributed by atoms with Gasteiger partial charge >= 0.3 is 0 Å². The first-order valence-electron chi connectivity index (χ1n) is 8.06. The molecule has 1 N–H and O–H groups in total. The molecule has 122 valence electrons. The summed E-state index contributed by atoms with van der Waals surface area (Å²) in [6, 6.07) is 14.1. The predicted molar refractivity (Wildman–Crippen MR) is 101 cm³/mol. The molecule has 2 aromatic rings. The molecule has 3 heteroatoms. The number of benzene rings is 2. The quantitative estimate of drug-likeness (QED) is 0.696. The number of rotatable bonds is 5. The molecule has 0 fully saturated rings. The van der Waals surface area contributed by atoms with Crippen molar-refractivity contribution in [3.63, 3.8) is 0 Å². The minimum atomic E-state index is 0.0203. The molecular weight excluding hydrogens is 350 g/mol. The molecule has 0 saturated heterocycles. The summed E-state index contributed by atoms with van der Waals surface area (Å²) in [5.41, 5.74) is 4.36. The number of carbonyl (C=O) groups excluding carboxylic acids is 1. The summed E-state index contributed by atoms with van der Waals surface area (Å²) >= 11 is 3.51. The number of carbonyl (C=O) groups is 1. The first-order valence-corrected chi connectivity index (χ1v) is 8.85. The Labute approximate surface area is 147 Å². The maximum Gasteiger partial charge on any atom is 0.228 e. The molecule has 0 aliphatic rings. The van der Waals surface area contributed by atoms with E-state index < -0.39 is 0 Å². The van der Waals surface area contributed by atoms with Gasteiger partial charge in [0.15, 0.2) is 0 Å². The van der Waals surface area contributed by atoms with Crippen molar-refractivity contribution in [2.24, 2.45) is 0 Å². The average Bonchev–Trinajstić information content (AvgIpc) is 2.49. The van der Waals surface area contributed by atoms with Gasteiger partial charge in [0.05, 0.1) is 6.42 Å². The number of hydrogen-bond acceptors (Lipinski definition) is 1. The van der Waals surface area contributed by atoms with Crippen molar-refractivity contribution < 1.29 is 4.79 Å². The van der Waals surface area contributed by atoms with Gasteiger partial charge in [0.2, 0.25) is 5.91 Å². The van der Waals surface area contributed by atoms with Gasteiger partial charge in [-0.15, -0.1) is 0 Å². The van der Waals surface area contributed by atoms with Crippen molar-refractivity contribution in [2.75, 3.05) is 5.32 Å². The van der Waals surface area contributed by atoms with Crippen molar-refractivity contribution in [1.29, 1.82) is 0 Å². The lowest BCUT2D eigenvalue weighted by Crippen LogP contribution is -2.18. The summed E-state index contributed by atoms with van der Waals surface area (Å²) in [5, 5.41) is 3.16. The number of amides is 1. The monoisotopic (exact) mass is 373 g/mol. The third-order valence-corrected chi connectivity index (χ3v) is 4.72. The average molecular weight is 374 g/mol. The zero-order valence-corrected chi connectivity index (χ0v) is 15.8.